The summed E-state index contributed by atoms with van der Waals surface area (Å²) in [6.45, 7) is 1.91. The highest BCUT2D eigenvalue weighted by molar-refractivity contribution is 5.59. The van der Waals surface area contributed by atoms with Gasteiger partial charge in [-0.25, -0.2) is 0 Å². The highest BCUT2D eigenvalue weighted by Gasteiger charge is 2.37. The molecule has 4 rings (SSSR count). The van der Waals surface area contributed by atoms with Gasteiger partial charge in [0.25, 0.3) is 0 Å². The summed E-state index contributed by atoms with van der Waals surface area (Å²) in [5, 5.41) is 17.6. The lowest BCUT2D eigenvalue weighted by atomic mass is 9.80. The molecule has 5 nitrogen and oxygen atoms in total. The summed E-state index contributed by atoms with van der Waals surface area (Å²) >= 11 is 0. The van der Waals surface area contributed by atoms with Gasteiger partial charge in [0, 0.05) is 29.5 Å². The van der Waals surface area contributed by atoms with E-state index in [1.807, 2.05) is 17.8 Å². The minimum Gasteiger partial charge on any atom is -0.339 e. The molecule has 2 aliphatic rings. The monoisotopic (exact) mass is 431 g/mol. The number of hydrogen-bond acceptors (Lipinski definition) is 4. The fourth-order valence-electron chi connectivity index (χ4n) is 4.71. The number of nitriles is 1. The lowest BCUT2D eigenvalue weighted by Gasteiger charge is -2.44. The van der Waals surface area contributed by atoms with Gasteiger partial charge in [0.15, 0.2) is 5.82 Å². The van der Waals surface area contributed by atoms with Crippen molar-refractivity contribution in [2.45, 2.75) is 69.8 Å². The number of benzene rings is 1. The van der Waals surface area contributed by atoms with Crippen LogP contribution in [0.5, 0.6) is 0 Å². The Balaban J connectivity index is 1.45. The predicted octanol–water partition coefficient (Wildman–Crippen LogP) is 5.67. The van der Waals surface area contributed by atoms with Crippen LogP contribution in [0.1, 0.15) is 55.7 Å². The molecule has 0 amide bonds. The van der Waals surface area contributed by atoms with E-state index in [-0.39, 0.29) is 12.0 Å². The lowest BCUT2D eigenvalue weighted by Crippen LogP contribution is -2.47. The van der Waals surface area contributed by atoms with Crippen LogP contribution in [-0.2, 0) is 6.18 Å². The number of alkyl halides is 3. The van der Waals surface area contributed by atoms with E-state index in [9.17, 15) is 18.4 Å². The Kier molecular flexibility index (Phi) is 5.98. The number of nitrogens with zero attached hydrogens (tertiary/aromatic N) is 4. The molecular formula is C23H28F3N5. The van der Waals surface area contributed by atoms with Crippen molar-refractivity contribution in [3.8, 4) is 6.07 Å². The maximum atomic E-state index is 12.8. The van der Waals surface area contributed by atoms with Gasteiger partial charge in [0.2, 0.25) is 0 Å². The molecule has 31 heavy (non-hydrogen) atoms. The minimum atomic E-state index is -4.35. The van der Waals surface area contributed by atoms with Crippen LogP contribution in [0.2, 0.25) is 0 Å². The first-order valence-corrected chi connectivity index (χ1v) is 10.9. The normalized spacial score (nSPS) is 24.6. The summed E-state index contributed by atoms with van der Waals surface area (Å²) < 4.78 is 40.2. The molecule has 3 atom stereocenters. The molecule has 0 aliphatic heterocycles. The molecule has 1 N–H and O–H groups in total. The second-order valence-corrected chi connectivity index (χ2v) is 8.86. The van der Waals surface area contributed by atoms with Crippen molar-refractivity contribution in [1.29, 1.82) is 5.26 Å². The summed E-state index contributed by atoms with van der Waals surface area (Å²) in [6.07, 6.45) is 4.15. The van der Waals surface area contributed by atoms with E-state index in [0.29, 0.717) is 23.6 Å². The highest BCUT2D eigenvalue weighted by atomic mass is 19.4. The molecule has 8 heteroatoms. The molecule has 0 spiro atoms. The van der Waals surface area contributed by atoms with Crippen molar-refractivity contribution in [1.82, 2.24) is 14.7 Å². The average Bonchev–Trinajstić information content (AvgIpc) is 3.06. The van der Waals surface area contributed by atoms with Gasteiger partial charge >= 0.3 is 6.18 Å². The quantitative estimate of drug-likeness (QED) is 0.663. The fraction of sp³-hybridized carbons (Fsp3) is 0.565. The summed E-state index contributed by atoms with van der Waals surface area (Å²) in [6, 6.07) is 8.52. The van der Waals surface area contributed by atoms with Crippen molar-refractivity contribution in [3.05, 3.63) is 41.6 Å². The molecule has 1 unspecified atom stereocenters. The molecule has 0 radical (unpaired) electrons. The average molecular weight is 432 g/mol. The molecule has 2 aliphatic carbocycles. The van der Waals surface area contributed by atoms with E-state index in [1.54, 1.807) is 0 Å². The molecule has 1 aromatic heterocycles. The number of halogens is 3. The lowest BCUT2D eigenvalue weighted by molar-refractivity contribution is -0.137. The Bertz CT molecular complexity index is 940. The van der Waals surface area contributed by atoms with Crippen LogP contribution in [0.3, 0.4) is 0 Å². The first kappa shape index (κ1) is 21.7. The van der Waals surface area contributed by atoms with Crippen molar-refractivity contribution in [2.75, 3.05) is 12.4 Å². The number of anilines is 2. The van der Waals surface area contributed by atoms with Gasteiger partial charge in [-0.2, -0.15) is 23.5 Å². The van der Waals surface area contributed by atoms with Crippen molar-refractivity contribution < 1.29 is 13.2 Å². The zero-order valence-corrected chi connectivity index (χ0v) is 17.9. The van der Waals surface area contributed by atoms with Gasteiger partial charge < -0.3 is 10.2 Å². The standard InChI is InChI=1S/C23H28F3N5/c1-15-14-31(29-22(15)28-18-8-6-17(7-9-18)23(24,25)26)21-11-10-20(12-16(21)13-27)30(2)19-4-3-5-19/h6-9,14,16,19-21H,3-5,10-12H2,1-2H3,(H,28,29)/t16?,20-,21+/m0/s1. The zero-order chi connectivity index (χ0) is 22.2. The Labute approximate surface area is 180 Å². The van der Waals surface area contributed by atoms with E-state index >= 15 is 0 Å². The van der Waals surface area contributed by atoms with Crippen molar-refractivity contribution in [3.63, 3.8) is 0 Å². The molecule has 2 fully saturated rings. The maximum absolute atomic E-state index is 12.8. The summed E-state index contributed by atoms with van der Waals surface area (Å²) in [7, 11) is 2.19. The first-order valence-electron chi connectivity index (χ1n) is 10.9. The molecule has 2 aromatic rings. The molecule has 0 saturated heterocycles. The molecule has 1 aromatic carbocycles. The Morgan fingerprint density at radius 2 is 1.84 bits per heavy atom. The summed E-state index contributed by atoms with van der Waals surface area (Å²) in [5.41, 5.74) is 0.759. The van der Waals surface area contributed by atoms with Gasteiger partial charge in [-0.3, -0.25) is 4.68 Å². The number of aromatic nitrogens is 2. The third kappa shape index (κ3) is 4.57. The Morgan fingerprint density at radius 1 is 1.13 bits per heavy atom. The largest absolute Gasteiger partial charge is 0.416 e. The van der Waals surface area contributed by atoms with Crippen LogP contribution >= 0.6 is 0 Å². The maximum Gasteiger partial charge on any atom is 0.416 e. The number of hydrogen-bond donors (Lipinski definition) is 1. The van der Waals surface area contributed by atoms with Gasteiger partial charge in [-0.1, -0.05) is 6.42 Å². The van der Waals surface area contributed by atoms with E-state index < -0.39 is 11.7 Å². The van der Waals surface area contributed by atoms with E-state index in [2.05, 4.69) is 28.4 Å². The topological polar surface area (TPSA) is 56.9 Å². The van der Waals surface area contributed by atoms with Crippen LogP contribution in [0.15, 0.2) is 30.5 Å². The van der Waals surface area contributed by atoms with Gasteiger partial charge in [-0.05, 0) is 70.3 Å². The van der Waals surface area contributed by atoms with E-state index in [4.69, 9.17) is 0 Å². The van der Waals surface area contributed by atoms with Crippen LogP contribution in [0.25, 0.3) is 0 Å². The van der Waals surface area contributed by atoms with Gasteiger partial charge in [-0.15, -0.1) is 0 Å². The second-order valence-electron chi connectivity index (χ2n) is 8.86. The van der Waals surface area contributed by atoms with Gasteiger partial charge in [0.1, 0.15) is 0 Å². The first-order chi connectivity index (χ1) is 14.8. The van der Waals surface area contributed by atoms with Crippen molar-refractivity contribution in [2.24, 2.45) is 5.92 Å². The number of rotatable bonds is 5. The molecule has 0 bridgehead atoms. The number of nitrogens with one attached hydrogen (secondary N) is 1. The Morgan fingerprint density at radius 3 is 2.42 bits per heavy atom. The molecule has 2 saturated carbocycles. The van der Waals surface area contributed by atoms with Crippen LogP contribution in [0, 0.1) is 24.2 Å². The summed E-state index contributed by atoms with van der Waals surface area (Å²) in [5.74, 6) is 0.490. The van der Waals surface area contributed by atoms with Crippen LogP contribution < -0.4 is 5.32 Å². The predicted molar refractivity (Wildman–Crippen MR) is 113 cm³/mol. The molecule has 166 valence electrons. The fourth-order valence-corrected chi connectivity index (χ4v) is 4.71. The zero-order valence-electron chi connectivity index (χ0n) is 17.9. The smallest absolute Gasteiger partial charge is 0.339 e. The minimum absolute atomic E-state index is 0.0119. The SMILES string of the molecule is Cc1cn([C@@H]2CC[C@H](N(C)C3CCC3)CC2C#N)nc1Nc1ccc(C(F)(F)F)cc1. The summed E-state index contributed by atoms with van der Waals surface area (Å²) in [4.78, 5) is 2.47. The van der Waals surface area contributed by atoms with E-state index in [0.717, 1.165) is 37.0 Å². The van der Waals surface area contributed by atoms with E-state index in [1.165, 1.54) is 31.4 Å². The van der Waals surface area contributed by atoms with Crippen LogP contribution in [0.4, 0.5) is 24.7 Å². The number of aryl methyl sites for hydroxylation is 1. The van der Waals surface area contributed by atoms with Crippen molar-refractivity contribution >= 4 is 11.5 Å². The van der Waals surface area contributed by atoms with Crippen LogP contribution in [-0.4, -0.2) is 33.8 Å². The molecular weight excluding hydrogens is 403 g/mol. The highest BCUT2D eigenvalue weighted by Crippen LogP contribution is 2.38. The molecule has 1 heterocycles. The third-order valence-electron chi connectivity index (χ3n) is 6.91. The van der Waals surface area contributed by atoms with Gasteiger partial charge in [0.05, 0.1) is 23.6 Å². The Hall–Kier alpha value is -2.53. The third-order valence-corrected chi connectivity index (χ3v) is 6.91. The second kappa shape index (κ2) is 8.54.